The van der Waals surface area contributed by atoms with E-state index in [9.17, 15) is 4.79 Å². The molecule has 7 nitrogen and oxygen atoms in total. The molecule has 1 amide bonds. The Bertz CT molecular complexity index is 527. The lowest BCUT2D eigenvalue weighted by atomic mass is 9.93. The molecule has 0 radical (unpaired) electrons. The van der Waals surface area contributed by atoms with E-state index in [-0.39, 0.29) is 11.6 Å². The fourth-order valence-electron chi connectivity index (χ4n) is 3.73. The summed E-state index contributed by atoms with van der Waals surface area (Å²) in [6, 6.07) is 1.31. The molecular formula is C21H41N5O2. The molecule has 2 fully saturated rings. The maximum absolute atomic E-state index is 12.3. The summed E-state index contributed by atoms with van der Waals surface area (Å²) >= 11 is 0. The number of hydrogen-bond acceptors (Lipinski definition) is 4. The van der Waals surface area contributed by atoms with Crippen LogP contribution in [-0.4, -0.2) is 66.9 Å². The van der Waals surface area contributed by atoms with Crippen molar-refractivity contribution < 1.29 is 9.53 Å². The highest BCUT2D eigenvalue weighted by atomic mass is 16.6. The van der Waals surface area contributed by atoms with Gasteiger partial charge in [0.2, 0.25) is 0 Å². The number of amides is 1. The number of aliphatic imine (C=N–C) groups is 1. The predicted octanol–water partition coefficient (Wildman–Crippen LogP) is 2.86. The quantitative estimate of drug-likeness (QED) is 0.456. The molecular weight excluding hydrogens is 354 g/mol. The van der Waals surface area contributed by atoms with Crippen LogP contribution in [-0.2, 0) is 4.74 Å². The Morgan fingerprint density at radius 1 is 1.11 bits per heavy atom. The number of rotatable bonds is 7. The summed E-state index contributed by atoms with van der Waals surface area (Å²) in [5, 5.41) is 10.1. The first kappa shape index (κ1) is 22.8. The van der Waals surface area contributed by atoms with Crippen molar-refractivity contribution in [1.82, 2.24) is 20.9 Å². The highest BCUT2D eigenvalue weighted by molar-refractivity contribution is 5.80. The van der Waals surface area contributed by atoms with Crippen molar-refractivity contribution in [1.29, 1.82) is 0 Å². The fraction of sp³-hybridized carbons (Fsp3) is 0.905. The Morgan fingerprint density at radius 3 is 2.18 bits per heavy atom. The minimum absolute atomic E-state index is 0.366. The number of alkyl carbamates (subject to hydrolysis) is 1. The van der Waals surface area contributed by atoms with E-state index >= 15 is 0 Å². The second-order valence-electron chi connectivity index (χ2n) is 9.23. The summed E-state index contributed by atoms with van der Waals surface area (Å²) in [5.41, 5.74) is -0.868. The third-order valence-electron chi connectivity index (χ3n) is 5.87. The zero-order chi connectivity index (χ0) is 20.8. The fourth-order valence-corrected chi connectivity index (χ4v) is 3.73. The molecule has 162 valence electrons. The van der Waals surface area contributed by atoms with Crippen molar-refractivity contribution in [2.24, 2.45) is 4.99 Å². The van der Waals surface area contributed by atoms with Crippen LogP contribution in [0.3, 0.4) is 0 Å². The molecule has 1 heterocycles. The van der Waals surface area contributed by atoms with Gasteiger partial charge in [-0.2, -0.15) is 0 Å². The lowest BCUT2D eigenvalue weighted by molar-refractivity contribution is 0.0448. The molecule has 1 aliphatic heterocycles. The van der Waals surface area contributed by atoms with Crippen LogP contribution in [0.15, 0.2) is 4.99 Å². The van der Waals surface area contributed by atoms with Crippen LogP contribution in [0.5, 0.6) is 0 Å². The van der Waals surface area contributed by atoms with Crippen molar-refractivity contribution in [2.45, 2.75) is 96.4 Å². The highest BCUT2D eigenvalue weighted by Gasteiger charge is 2.33. The van der Waals surface area contributed by atoms with Crippen LogP contribution >= 0.6 is 0 Å². The van der Waals surface area contributed by atoms with Gasteiger partial charge in [-0.25, -0.2) is 4.79 Å². The van der Waals surface area contributed by atoms with E-state index < -0.39 is 5.60 Å². The third kappa shape index (κ3) is 7.15. The molecule has 3 N–H and O–H groups in total. The molecule has 1 saturated heterocycles. The van der Waals surface area contributed by atoms with Gasteiger partial charge in [-0.1, -0.05) is 13.8 Å². The summed E-state index contributed by atoms with van der Waals surface area (Å²) in [5.74, 6) is 0.808. The normalized spacial score (nSPS) is 20.0. The number of nitrogens with zero attached hydrogens (tertiary/aromatic N) is 2. The van der Waals surface area contributed by atoms with Crippen molar-refractivity contribution in [3.8, 4) is 0 Å². The van der Waals surface area contributed by atoms with Crippen LogP contribution in [0.1, 0.15) is 73.1 Å². The lowest BCUT2D eigenvalue weighted by Crippen LogP contribution is -2.58. The number of guanidine groups is 1. The first-order valence-corrected chi connectivity index (χ1v) is 10.9. The van der Waals surface area contributed by atoms with Gasteiger partial charge in [-0.05, 0) is 59.3 Å². The average molecular weight is 396 g/mol. The Labute approximate surface area is 171 Å². The molecule has 0 unspecified atom stereocenters. The number of likely N-dealkylation sites (tertiary alicyclic amines) is 1. The van der Waals surface area contributed by atoms with Gasteiger partial charge in [-0.15, -0.1) is 0 Å². The summed E-state index contributed by atoms with van der Waals surface area (Å²) in [6.07, 6.45) is 6.32. The van der Waals surface area contributed by atoms with Gasteiger partial charge in [0.05, 0.1) is 5.54 Å². The Morgan fingerprint density at radius 2 is 1.71 bits per heavy atom. The molecule has 0 spiro atoms. The van der Waals surface area contributed by atoms with Crippen LogP contribution in [0.2, 0.25) is 0 Å². The van der Waals surface area contributed by atoms with E-state index in [2.05, 4.69) is 39.7 Å². The highest BCUT2D eigenvalue weighted by Crippen LogP contribution is 2.29. The monoisotopic (exact) mass is 395 g/mol. The van der Waals surface area contributed by atoms with Gasteiger partial charge in [0.15, 0.2) is 5.96 Å². The summed E-state index contributed by atoms with van der Waals surface area (Å²) in [4.78, 5) is 19.3. The Kier molecular flexibility index (Phi) is 7.98. The minimum atomic E-state index is -0.502. The maximum atomic E-state index is 12.3. The smallest absolute Gasteiger partial charge is 0.408 e. The van der Waals surface area contributed by atoms with Gasteiger partial charge >= 0.3 is 6.09 Å². The van der Waals surface area contributed by atoms with Crippen LogP contribution in [0, 0.1) is 0 Å². The summed E-state index contributed by atoms with van der Waals surface area (Å²) in [6.45, 7) is 12.8. The molecule has 0 atom stereocenters. The molecule has 0 aromatic heterocycles. The molecule has 0 bridgehead atoms. The molecule has 0 aromatic carbocycles. The van der Waals surface area contributed by atoms with E-state index in [1.807, 2.05) is 20.8 Å². The van der Waals surface area contributed by atoms with Crippen molar-refractivity contribution in [2.75, 3.05) is 26.7 Å². The molecule has 1 aliphatic carbocycles. The molecule has 1 saturated carbocycles. The minimum Gasteiger partial charge on any atom is -0.444 e. The zero-order valence-electron chi connectivity index (χ0n) is 18.7. The average Bonchev–Trinajstić information content (AvgIpc) is 3.48. The van der Waals surface area contributed by atoms with Crippen molar-refractivity contribution in [3.05, 3.63) is 0 Å². The lowest BCUT2D eigenvalue weighted by Gasteiger charge is -2.36. The SMILES string of the molecule is CCC(CC)(CNC(=NC)NC1CCN(C2CC2)CC1)NC(=O)OC(C)(C)C. The molecule has 2 aliphatic rings. The number of piperidine rings is 1. The molecule has 0 aromatic rings. The van der Waals surface area contributed by atoms with Crippen molar-refractivity contribution in [3.63, 3.8) is 0 Å². The van der Waals surface area contributed by atoms with E-state index in [1.165, 1.54) is 25.9 Å². The second-order valence-corrected chi connectivity index (χ2v) is 9.23. The molecule has 7 heteroatoms. The zero-order valence-corrected chi connectivity index (χ0v) is 18.7. The predicted molar refractivity (Wildman–Crippen MR) is 115 cm³/mol. The van der Waals surface area contributed by atoms with Crippen LogP contribution < -0.4 is 16.0 Å². The van der Waals surface area contributed by atoms with Gasteiger partial charge in [0.1, 0.15) is 5.60 Å². The Hall–Kier alpha value is -1.50. The standard InChI is InChI=1S/C21H41N5O2/c1-7-21(8-2,25-19(27)28-20(3,4)5)15-23-18(22-6)24-16-11-13-26(14-12-16)17-9-10-17/h16-17H,7-15H2,1-6H3,(H,25,27)(H2,22,23,24). The second kappa shape index (κ2) is 9.81. The van der Waals surface area contributed by atoms with Crippen LogP contribution in [0.4, 0.5) is 4.79 Å². The number of ether oxygens (including phenoxy) is 1. The van der Waals surface area contributed by atoms with Gasteiger partial charge in [-0.3, -0.25) is 4.99 Å². The number of nitrogens with one attached hydrogen (secondary N) is 3. The first-order chi connectivity index (χ1) is 13.2. The topological polar surface area (TPSA) is 78.0 Å². The van der Waals surface area contributed by atoms with E-state index in [0.717, 1.165) is 37.7 Å². The van der Waals surface area contributed by atoms with Crippen molar-refractivity contribution >= 4 is 12.1 Å². The summed E-state index contributed by atoms with van der Waals surface area (Å²) in [7, 11) is 1.80. The van der Waals surface area contributed by atoms with E-state index in [1.54, 1.807) is 7.05 Å². The van der Waals surface area contributed by atoms with Crippen LogP contribution in [0.25, 0.3) is 0 Å². The summed E-state index contributed by atoms with van der Waals surface area (Å²) < 4.78 is 5.46. The number of carbonyl (C=O) groups excluding carboxylic acids is 1. The van der Waals surface area contributed by atoms with Gasteiger partial charge in [0.25, 0.3) is 0 Å². The van der Waals surface area contributed by atoms with Gasteiger partial charge < -0.3 is 25.6 Å². The third-order valence-corrected chi connectivity index (χ3v) is 5.87. The Balaban J connectivity index is 1.83. The molecule has 28 heavy (non-hydrogen) atoms. The largest absolute Gasteiger partial charge is 0.444 e. The number of hydrogen-bond donors (Lipinski definition) is 3. The van der Waals surface area contributed by atoms with Gasteiger partial charge in [0, 0.05) is 38.8 Å². The van der Waals surface area contributed by atoms with E-state index in [0.29, 0.717) is 12.6 Å². The van der Waals surface area contributed by atoms with E-state index in [4.69, 9.17) is 4.74 Å². The number of carbonyl (C=O) groups is 1. The first-order valence-electron chi connectivity index (χ1n) is 10.9. The molecule has 2 rings (SSSR count). The maximum Gasteiger partial charge on any atom is 0.408 e.